The van der Waals surface area contributed by atoms with Crippen molar-refractivity contribution in [3.8, 4) is 12.3 Å². The molecule has 2 unspecified atom stereocenters. The van der Waals surface area contributed by atoms with Crippen LogP contribution in [0.3, 0.4) is 0 Å². The van der Waals surface area contributed by atoms with Crippen LogP contribution in [0.4, 0.5) is 4.39 Å². The molecule has 11 heavy (non-hydrogen) atoms. The van der Waals surface area contributed by atoms with Gasteiger partial charge in [0.15, 0.2) is 0 Å². The zero-order valence-corrected chi connectivity index (χ0v) is 6.86. The van der Waals surface area contributed by atoms with Gasteiger partial charge in [-0.1, -0.05) is 0 Å². The molecule has 1 nitrogen and oxygen atoms in total. The first kappa shape index (κ1) is 8.55. The molecular formula is C9H14FN. The maximum Gasteiger partial charge on any atom is 0.134 e. The van der Waals surface area contributed by atoms with Gasteiger partial charge in [-0.15, -0.1) is 12.3 Å². The smallest absolute Gasteiger partial charge is 0.134 e. The minimum absolute atomic E-state index is 0.243. The highest BCUT2D eigenvalue weighted by molar-refractivity contribution is 4.99. The molecule has 1 N–H and O–H groups in total. The maximum atomic E-state index is 13.5. The summed E-state index contributed by atoms with van der Waals surface area (Å²) < 4.78 is 13.5. The van der Waals surface area contributed by atoms with Crippen LogP contribution in [0.5, 0.6) is 0 Å². The van der Waals surface area contributed by atoms with E-state index < -0.39 is 5.67 Å². The number of nitrogens with one attached hydrogen (secondary N) is 1. The van der Waals surface area contributed by atoms with E-state index >= 15 is 0 Å². The number of piperidine rings is 1. The molecular weight excluding hydrogens is 141 g/mol. The fourth-order valence-corrected chi connectivity index (χ4v) is 1.36. The summed E-state index contributed by atoms with van der Waals surface area (Å²) in [6, 6.07) is 0.441. The number of terminal acetylenes is 1. The number of hydrogen-bond donors (Lipinski definition) is 1. The van der Waals surface area contributed by atoms with E-state index in [0.717, 1.165) is 6.42 Å². The Bertz CT molecular complexity index is 163. The molecule has 0 aromatic carbocycles. The van der Waals surface area contributed by atoms with E-state index in [2.05, 4.69) is 18.2 Å². The lowest BCUT2D eigenvalue weighted by Crippen LogP contribution is -2.46. The van der Waals surface area contributed by atoms with Crippen LogP contribution in [0, 0.1) is 12.3 Å². The fourth-order valence-electron chi connectivity index (χ4n) is 1.36. The zero-order valence-electron chi connectivity index (χ0n) is 6.86. The average molecular weight is 155 g/mol. The van der Waals surface area contributed by atoms with Gasteiger partial charge >= 0.3 is 0 Å². The van der Waals surface area contributed by atoms with Gasteiger partial charge < -0.3 is 5.32 Å². The molecule has 0 spiro atoms. The summed E-state index contributed by atoms with van der Waals surface area (Å²) in [7, 11) is 0. The molecule has 1 heterocycles. The lowest BCUT2D eigenvalue weighted by molar-refractivity contribution is 0.113. The summed E-state index contributed by atoms with van der Waals surface area (Å²) in [6.07, 6.45) is 6.79. The van der Waals surface area contributed by atoms with Crippen LogP contribution in [-0.4, -0.2) is 18.3 Å². The molecule has 0 radical (unpaired) electrons. The lowest BCUT2D eigenvalue weighted by Gasteiger charge is -2.32. The van der Waals surface area contributed by atoms with Gasteiger partial charge in [-0.3, -0.25) is 0 Å². The third kappa shape index (κ3) is 2.20. The predicted molar refractivity (Wildman–Crippen MR) is 44.0 cm³/mol. The molecule has 0 amide bonds. The standard InChI is InChI=1S/C9H14FN/c1-3-5-9(10)6-4-8(2)11-7-9/h1,8,11H,4-7H2,2H3. The van der Waals surface area contributed by atoms with Gasteiger partial charge in [0.1, 0.15) is 5.67 Å². The lowest BCUT2D eigenvalue weighted by atomic mass is 9.90. The van der Waals surface area contributed by atoms with Crippen molar-refractivity contribution in [3.05, 3.63) is 0 Å². The number of alkyl halides is 1. The SMILES string of the molecule is C#CCC1(F)CCC(C)NC1. The van der Waals surface area contributed by atoms with Crippen molar-refractivity contribution >= 4 is 0 Å². The summed E-state index contributed by atoms with van der Waals surface area (Å²) in [4.78, 5) is 0. The van der Waals surface area contributed by atoms with Gasteiger partial charge in [0.2, 0.25) is 0 Å². The van der Waals surface area contributed by atoms with E-state index in [1.165, 1.54) is 0 Å². The maximum absolute atomic E-state index is 13.5. The van der Waals surface area contributed by atoms with Crippen LogP contribution in [-0.2, 0) is 0 Å². The first-order chi connectivity index (χ1) is 5.16. The Morgan fingerprint density at radius 1 is 1.82 bits per heavy atom. The molecule has 1 aliphatic heterocycles. The molecule has 1 saturated heterocycles. The third-order valence-corrected chi connectivity index (χ3v) is 2.21. The van der Waals surface area contributed by atoms with Crippen molar-refractivity contribution in [3.63, 3.8) is 0 Å². The van der Waals surface area contributed by atoms with Crippen LogP contribution in [0.25, 0.3) is 0 Å². The van der Waals surface area contributed by atoms with E-state index in [-0.39, 0.29) is 6.42 Å². The monoisotopic (exact) mass is 155 g/mol. The number of hydrogen-bond acceptors (Lipinski definition) is 1. The first-order valence-electron chi connectivity index (χ1n) is 4.02. The second-order valence-corrected chi connectivity index (χ2v) is 3.35. The molecule has 1 rings (SSSR count). The number of rotatable bonds is 1. The Morgan fingerprint density at radius 2 is 2.55 bits per heavy atom. The van der Waals surface area contributed by atoms with Crippen LogP contribution < -0.4 is 5.32 Å². The summed E-state index contributed by atoms with van der Waals surface area (Å²) >= 11 is 0. The highest BCUT2D eigenvalue weighted by atomic mass is 19.1. The van der Waals surface area contributed by atoms with Crippen molar-refractivity contribution < 1.29 is 4.39 Å². The van der Waals surface area contributed by atoms with Crippen molar-refractivity contribution in [1.82, 2.24) is 5.32 Å². The van der Waals surface area contributed by atoms with Gasteiger partial charge in [0, 0.05) is 19.0 Å². The molecule has 2 atom stereocenters. The van der Waals surface area contributed by atoms with Gasteiger partial charge in [-0.2, -0.15) is 0 Å². The van der Waals surface area contributed by atoms with Crippen LogP contribution in [0.1, 0.15) is 26.2 Å². The zero-order chi connectivity index (χ0) is 8.32. The fraction of sp³-hybridized carbons (Fsp3) is 0.778. The Balaban J connectivity index is 2.43. The minimum Gasteiger partial charge on any atom is -0.311 e. The topological polar surface area (TPSA) is 12.0 Å². The van der Waals surface area contributed by atoms with Crippen molar-refractivity contribution in [2.75, 3.05) is 6.54 Å². The Labute approximate surface area is 67.4 Å². The predicted octanol–water partition coefficient (Wildman–Crippen LogP) is 1.49. The Kier molecular flexibility index (Phi) is 2.51. The quantitative estimate of drug-likeness (QED) is 0.566. The molecule has 1 aliphatic rings. The molecule has 0 saturated carbocycles. The summed E-state index contributed by atoms with van der Waals surface area (Å²) in [5, 5.41) is 3.09. The van der Waals surface area contributed by atoms with Crippen LogP contribution in [0.15, 0.2) is 0 Å². The van der Waals surface area contributed by atoms with Crippen molar-refractivity contribution in [1.29, 1.82) is 0 Å². The van der Waals surface area contributed by atoms with Crippen molar-refractivity contribution in [2.45, 2.75) is 37.9 Å². The van der Waals surface area contributed by atoms with E-state index in [1.807, 2.05) is 0 Å². The first-order valence-corrected chi connectivity index (χ1v) is 4.02. The second-order valence-electron chi connectivity index (χ2n) is 3.35. The van der Waals surface area contributed by atoms with E-state index in [0.29, 0.717) is 19.0 Å². The number of halogens is 1. The van der Waals surface area contributed by atoms with Gasteiger partial charge in [0.05, 0.1) is 0 Å². The van der Waals surface area contributed by atoms with Crippen LogP contribution >= 0.6 is 0 Å². The molecule has 2 heteroatoms. The van der Waals surface area contributed by atoms with E-state index in [1.54, 1.807) is 0 Å². The Morgan fingerprint density at radius 3 is 3.00 bits per heavy atom. The molecule has 0 aromatic rings. The molecule has 0 bridgehead atoms. The highest BCUT2D eigenvalue weighted by Gasteiger charge is 2.32. The third-order valence-electron chi connectivity index (χ3n) is 2.21. The molecule has 0 aliphatic carbocycles. The Hall–Kier alpha value is -0.550. The van der Waals surface area contributed by atoms with Gasteiger partial charge in [0.25, 0.3) is 0 Å². The highest BCUT2D eigenvalue weighted by Crippen LogP contribution is 2.26. The summed E-state index contributed by atoms with van der Waals surface area (Å²) in [5.41, 5.74) is -1.14. The summed E-state index contributed by atoms with van der Waals surface area (Å²) in [5.74, 6) is 2.38. The molecule has 62 valence electrons. The normalized spacial score (nSPS) is 38.1. The summed E-state index contributed by atoms with van der Waals surface area (Å²) in [6.45, 7) is 2.48. The van der Waals surface area contributed by atoms with Gasteiger partial charge in [-0.05, 0) is 19.8 Å². The average Bonchev–Trinajstić information content (AvgIpc) is 1.97. The van der Waals surface area contributed by atoms with Crippen molar-refractivity contribution in [2.24, 2.45) is 0 Å². The minimum atomic E-state index is -1.14. The van der Waals surface area contributed by atoms with Crippen LogP contribution in [0.2, 0.25) is 0 Å². The molecule has 0 aromatic heterocycles. The van der Waals surface area contributed by atoms with Gasteiger partial charge in [-0.25, -0.2) is 4.39 Å². The van der Waals surface area contributed by atoms with E-state index in [9.17, 15) is 4.39 Å². The van der Waals surface area contributed by atoms with E-state index in [4.69, 9.17) is 6.42 Å². The molecule has 1 fully saturated rings. The second kappa shape index (κ2) is 3.23. The largest absolute Gasteiger partial charge is 0.311 e.